The zero-order valence-corrected chi connectivity index (χ0v) is 12.9. The van der Waals surface area contributed by atoms with Crippen LogP contribution in [0.3, 0.4) is 0 Å². The Hall–Kier alpha value is -1.71. The molecular weight excluding hydrogens is 264 g/mol. The molecule has 0 aromatic heterocycles. The lowest BCUT2D eigenvalue weighted by atomic mass is 10.1. The molecule has 21 heavy (non-hydrogen) atoms. The van der Waals surface area contributed by atoms with Gasteiger partial charge in [-0.25, -0.2) is 0 Å². The van der Waals surface area contributed by atoms with Crippen molar-refractivity contribution in [3.8, 4) is 5.75 Å². The van der Waals surface area contributed by atoms with Crippen molar-refractivity contribution in [2.45, 2.75) is 57.9 Å². The highest BCUT2D eigenvalue weighted by Gasteiger charge is 2.18. The van der Waals surface area contributed by atoms with Crippen molar-refractivity contribution in [3.63, 3.8) is 0 Å². The van der Waals surface area contributed by atoms with Gasteiger partial charge in [-0.05, 0) is 37.5 Å². The number of benzene rings is 1. The maximum atomic E-state index is 12.2. The van der Waals surface area contributed by atoms with Gasteiger partial charge in [0.05, 0.1) is 12.3 Å². The van der Waals surface area contributed by atoms with Crippen molar-refractivity contribution in [2.75, 3.05) is 12.3 Å². The molecule has 0 radical (unpaired) electrons. The number of anilines is 1. The average Bonchev–Trinajstić information content (AvgIpc) is 2.98. The highest BCUT2D eigenvalue weighted by atomic mass is 16.5. The Kier molecular flexibility index (Phi) is 5.90. The molecule has 2 rings (SSSR count). The number of amides is 1. The van der Waals surface area contributed by atoms with Gasteiger partial charge in [0.2, 0.25) is 0 Å². The van der Waals surface area contributed by atoms with Crippen LogP contribution in [0.5, 0.6) is 5.75 Å². The van der Waals surface area contributed by atoms with Gasteiger partial charge in [0.15, 0.2) is 0 Å². The lowest BCUT2D eigenvalue weighted by Gasteiger charge is -2.14. The van der Waals surface area contributed by atoms with Gasteiger partial charge < -0.3 is 15.8 Å². The molecule has 0 unspecified atom stereocenters. The number of hydrogen-bond acceptors (Lipinski definition) is 3. The molecular formula is C17H26N2O2. The van der Waals surface area contributed by atoms with E-state index in [0.29, 0.717) is 29.6 Å². The quantitative estimate of drug-likeness (QED) is 0.596. The summed E-state index contributed by atoms with van der Waals surface area (Å²) in [7, 11) is 0. The summed E-state index contributed by atoms with van der Waals surface area (Å²) in [5.41, 5.74) is 7.12. The molecule has 0 bridgehead atoms. The van der Waals surface area contributed by atoms with Crippen molar-refractivity contribution in [2.24, 2.45) is 0 Å². The number of rotatable bonds is 7. The Balaban J connectivity index is 1.94. The zero-order valence-electron chi connectivity index (χ0n) is 12.9. The van der Waals surface area contributed by atoms with Crippen molar-refractivity contribution in [1.29, 1.82) is 0 Å². The third-order valence-corrected chi connectivity index (χ3v) is 3.97. The number of unbranched alkanes of at least 4 members (excludes halogenated alkanes) is 2. The van der Waals surface area contributed by atoms with E-state index in [4.69, 9.17) is 10.5 Å². The van der Waals surface area contributed by atoms with Crippen molar-refractivity contribution >= 4 is 11.6 Å². The molecule has 0 heterocycles. The first-order valence-electron chi connectivity index (χ1n) is 8.04. The molecule has 0 saturated heterocycles. The van der Waals surface area contributed by atoms with Crippen molar-refractivity contribution in [3.05, 3.63) is 23.8 Å². The topological polar surface area (TPSA) is 64.3 Å². The summed E-state index contributed by atoms with van der Waals surface area (Å²) in [6, 6.07) is 5.59. The fourth-order valence-electron chi connectivity index (χ4n) is 2.67. The summed E-state index contributed by atoms with van der Waals surface area (Å²) in [6.45, 7) is 2.80. The molecule has 0 spiro atoms. The molecule has 1 fully saturated rings. The van der Waals surface area contributed by atoms with Crippen LogP contribution >= 0.6 is 0 Å². The molecule has 0 aliphatic heterocycles. The summed E-state index contributed by atoms with van der Waals surface area (Å²) < 4.78 is 5.69. The fraction of sp³-hybridized carbons (Fsp3) is 0.588. The largest absolute Gasteiger partial charge is 0.491 e. The van der Waals surface area contributed by atoms with Gasteiger partial charge in [-0.3, -0.25) is 4.79 Å². The van der Waals surface area contributed by atoms with E-state index in [1.165, 1.54) is 12.8 Å². The van der Waals surface area contributed by atoms with Crippen LogP contribution in [-0.2, 0) is 0 Å². The monoisotopic (exact) mass is 290 g/mol. The minimum absolute atomic E-state index is 0.0275. The molecule has 3 N–H and O–H groups in total. The van der Waals surface area contributed by atoms with Gasteiger partial charge in [0, 0.05) is 11.6 Å². The van der Waals surface area contributed by atoms with Crippen molar-refractivity contribution < 1.29 is 9.53 Å². The molecule has 1 aromatic rings. The van der Waals surface area contributed by atoms with Crippen LogP contribution in [0, 0.1) is 0 Å². The van der Waals surface area contributed by atoms with Crippen LogP contribution in [-0.4, -0.2) is 18.6 Å². The minimum Gasteiger partial charge on any atom is -0.491 e. The van der Waals surface area contributed by atoms with Crippen LogP contribution in [0.25, 0.3) is 0 Å². The Labute approximate surface area is 127 Å². The second-order valence-corrected chi connectivity index (χ2v) is 5.76. The Bertz CT molecular complexity index is 468. The molecule has 1 amide bonds. The Morgan fingerprint density at radius 2 is 2.10 bits per heavy atom. The van der Waals surface area contributed by atoms with E-state index in [1.54, 1.807) is 18.2 Å². The predicted octanol–water partition coefficient (Wildman–Crippen LogP) is 3.51. The van der Waals surface area contributed by atoms with E-state index < -0.39 is 0 Å². The normalized spacial score (nSPS) is 15.1. The van der Waals surface area contributed by atoms with E-state index >= 15 is 0 Å². The predicted molar refractivity (Wildman–Crippen MR) is 85.6 cm³/mol. The molecule has 4 nitrogen and oxygen atoms in total. The molecule has 0 atom stereocenters. The van der Waals surface area contributed by atoms with Crippen LogP contribution in [0.1, 0.15) is 62.2 Å². The molecule has 1 aliphatic carbocycles. The van der Waals surface area contributed by atoms with E-state index in [0.717, 1.165) is 32.1 Å². The number of nitrogens with one attached hydrogen (secondary N) is 1. The molecule has 1 saturated carbocycles. The molecule has 1 aromatic carbocycles. The zero-order chi connectivity index (χ0) is 15.1. The lowest BCUT2D eigenvalue weighted by molar-refractivity contribution is 0.0937. The first kappa shape index (κ1) is 15.7. The van der Waals surface area contributed by atoms with Gasteiger partial charge in [-0.1, -0.05) is 32.6 Å². The summed E-state index contributed by atoms with van der Waals surface area (Å²) in [4.78, 5) is 12.2. The van der Waals surface area contributed by atoms with Crippen LogP contribution in [0.2, 0.25) is 0 Å². The fourth-order valence-corrected chi connectivity index (χ4v) is 2.67. The Morgan fingerprint density at radius 1 is 1.33 bits per heavy atom. The van der Waals surface area contributed by atoms with Gasteiger partial charge in [-0.2, -0.15) is 0 Å². The maximum Gasteiger partial charge on any atom is 0.251 e. The number of hydrogen-bond donors (Lipinski definition) is 2. The number of carbonyl (C=O) groups is 1. The standard InChI is InChI=1S/C17H26N2O2/c1-2-3-6-11-21-16-12-13(9-10-15(16)18)17(20)19-14-7-4-5-8-14/h9-10,12,14H,2-8,11,18H2,1H3,(H,19,20). The Morgan fingerprint density at radius 3 is 2.81 bits per heavy atom. The summed E-state index contributed by atoms with van der Waals surface area (Å²) in [6.07, 6.45) is 7.89. The molecule has 116 valence electrons. The number of carbonyl (C=O) groups excluding carboxylic acids is 1. The number of nitrogen functional groups attached to an aromatic ring is 1. The van der Waals surface area contributed by atoms with Crippen LogP contribution < -0.4 is 15.8 Å². The highest BCUT2D eigenvalue weighted by molar-refractivity contribution is 5.95. The van der Waals surface area contributed by atoms with Crippen LogP contribution in [0.4, 0.5) is 5.69 Å². The number of ether oxygens (including phenoxy) is 1. The van der Waals surface area contributed by atoms with Gasteiger partial charge in [0.1, 0.15) is 5.75 Å². The average molecular weight is 290 g/mol. The summed E-state index contributed by atoms with van der Waals surface area (Å²) >= 11 is 0. The van der Waals surface area contributed by atoms with Crippen molar-refractivity contribution in [1.82, 2.24) is 5.32 Å². The van der Waals surface area contributed by atoms with E-state index in [9.17, 15) is 4.79 Å². The van der Waals surface area contributed by atoms with Gasteiger partial charge in [0.25, 0.3) is 5.91 Å². The SMILES string of the molecule is CCCCCOc1cc(C(=O)NC2CCCC2)ccc1N. The first-order chi connectivity index (χ1) is 10.2. The third kappa shape index (κ3) is 4.66. The number of nitrogens with two attached hydrogens (primary N) is 1. The first-order valence-corrected chi connectivity index (χ1v) is 8.04. The third-order valence-electron chi connectivity index (χ3n) is 3.97. The summed E-state index contributed by atoms with van der Waals surface area (Å²) in [5, 5.41) is 3.08. The smallest absolute Gasteiger partial charge is 0.251 e. The summed E-state index contributed by atoms with van der Waals surface area (Å²) in [5.74, 6) is 0.588. The molecule has 4 heteroatoms. The van der Waals surface area contributed by atoms with E-state index in [-0.39, 0.29) is 5.91 Å². The van der Waals surface area contributed by atoms with E-state index in [1.807, 2.05) is 0 Å². The van der Waals surface area contributed by atoms with Gasteiger partial charge in [-0.15, -0.1) is 0 Å². The second kappa shape index (κ2) is 7.91. The van der Waals surface area contributed by atoms with E-state index in [2.05, 4.69) is 12.2 Å². The van der Waals surface area contributed by atoms with Gasteiger partial charge >= 0.3 is 0 Å². The lowest BCUT2D eigenvalue weighted by Crippen LogP contribution is -2.32. The molecule has 1 aliphatic rings. The van der Waals surface area contributed by atoms with Crippen LogP contribution in [0.15, 0.2) is 18.2 Å². The maximum absolute atomic E-state index is 12.2. The second-order valence-electron chi connectivity index (χ2n) is 5.76. The highest BCUT2D eigenvalue weighted by Crippen LogP contribution is 2.24. The minimum atomic E-state index is -0.0275.